The molecule has 5 N–H and O–H groups in total. The molecule has 1 aromatic heterocycles. The zero-order valence-electron chi connectivity index (χ0n) is 9.01. The van der Waals surface area contributed by atoms with Gasteiger partial charge in [0, 0.05) is 0 Å². The zero-order chi connectivity index (χ0) is 11.7. The first kappa shape index (κ1) is 10.5. The highest BCUT2D eigenvalue weighted by atomic mass is 16.3. The van der Waals surface area contributed by atoms with Crippen LogP contribution >= 0.6 is 0 Å². The van der Waals surface area contributed by atoms with Gasteiger partial charge in [-0.15, -0.1) is 5.10 Å². The Balaban J connectivity index is 2.62. The highest BCUT2D eigenvalue weighted by molar-refractivity contribution is 5.58. The average Bonchev–Trinajstić information content (AvgIpc) is 2.55. The van der Waals surface area contributed by atoms with Crippen molar-refractivity contribution < 1.29 is 5.11 Å². The second-order valence-corrected chi connectivity index (χ2v) is 3.61. The van der Waals surface area contributed by atoms with Crippen molar-refractivity contribution in [2.75, 3.05) is 11.5 Å². The maximum Gasteiger partial charge on any atom is 0.153 e. The van der Waals surface area contributed by atoms with E-state index in [-0.39, 0.29) is 12.4 Å². The van der Waals surface area contributed by atoms with E-state index in [1.807, 2.05) is 31.2 Å². The number of nitrogens with two attached hydrogens (primary N) is 2. The molecule has 0 saturated heterocycles. The fourth-order valence-corrected chi connectivity index (χ4v) is 1.63. The molecule has 0 aliphatic rings. The summed E-state index contributed by atoms with van der Waals surface area (Å²) in [5, 5.41) is 13.2. The van der Waals surface area contributed by atoms with E-state index in [1.165, 1.54) is 0 Å². The largest absolute Gasteiger partial charge is 0.391 e. The number of hydrogen-bond donors (Lipinski definition) is 3. The molecule has 0 amide bonds. The quantitative estimate of drug-likeness (QED) is 0.696. The molecule has 2 rings (SSSR count). The van der Waals surface area contributed by atoms with Crippen LogP contribution in [0.2, 0.25) is 0 Å². The van der Waals surface area contributed by atoms with Crippen molar-refractivity contribution in [3.05, 3.63) is 35.4 Å². The molecule has 0 aliphatic carbocycles. The van der Waals surface area contributed by atoms with Crippen LogP contribution < -0.4 is 11.5 Å². The number of nitrogens with zero attached hydrogens (tertiary/aromatic N) is 2. The van der Waals surface area contributed by atoms with Gasteiger partial charge in [-0.1, -0.05) is 18.2 Å². The number of aryl methyl sites for hydroxylation is 1. The standard InChI is InChI=1S/C11H14N4O/c1-7-4-2-3-5-9(7)15-11(13)8(6-16)10(12)14-15/h2-5,16H,6,13H2,1H3,(H2,12,14). The van der Waals surface area contributed by atoms with Crippen LogP contribution in [0.3, 0.4) is 0 Å². The molecule has 0 saturated carbocycles. The van der Waals surface area contributed by atoms with Gasteiger partial charge in [-0.2, -0.15) is 0 Å². The summed E-state index contributed by atoms with van der Waals surface area (Å²) in [6.07, 6.45) is 0. The average molecular weight is 218 g/mol. The number of aliphatic hydroxyl groups is 1. The molecule has 2 aromatic rings. The Bertz CT molecular complexity index is 519. The first-order valence-corrected chi connectivity index (χ1v) is 4.95. The lowest BCUT2D eigenvalue weighted by Crippen LogP contribution is -2.04. The van der Waals surface area contributed by atoms with Gasteiger partial charge in [0.1, 0.15) is 5.82 Å². The van der Waals surface area contributed by atoms with Gasteiger partial charge in [-0.3, -0.25) is 0 Å². The van der Waals surface area contributed by atoms with Gasteiger partial charge in [-0.25, -0.2) is 4.68 Å². The second kappa shape index (κ2) is 3.86. The normalized spacial score (nSPS) is 10.6. The van der Waals surface area contributed by atoms with E-state index in [1.54, 1.807) is 4.68 Å². The van der Waals surface area contributed by atoms with Gasteiger partial charge in [0.25, 0.3) is 0 Å². The van der Waals surface area contributed by atoms with Gasteiger partial charge >= 0.3 is 0 Å². The van der Waals surface area contributed by atoms with Gasteiger partial charge in [0.05, 0.1) is 17.9 Å². The molecular formula is C11H14N4O. The van der Waals surface area contributed by atoms with Gasteiger partial charge in [-0.05, 0) is 18.6 Å². The first-order valence-electron chi connectivity index (χ1n) is 4.95. The van der Waals surface area contributed by atoms with Crippen molar-refractivity contribution in [1.29, 1.82) is 0 Å². The Morgan fingerprint density at radius 1 is 1.31 bits per heavy atom. The molecule has 84 valence electrons. The minimum Gasteiger partial charge on any atom is -0.391 e. The van der Waals surface area contributed by atoms with Crippen molar-refractivity contribution in [1.82, 2.24) is 9.78 Å². The third-order valence-electron chi connectivity index (χ3n) is 2.56. The van der Waals surface area contributed by atoms with Crippen molar-refractivity contribution in [3.8, 4) is 5.69 Å². The fraction of sp³-hybridized carbons (Fsp3) is 0.182. The van der Waals surface area contributed by atoms with Crippen LogP contribution in [0.4, 0.5) is 11.6 Å². The van der Waals surface area contributed by atoms with E-state index >= 15 is 0 Å². The van der Waals surface area contributed by atoms with E-state index in [9.17, 15) is 0 Å². The highest BCUT2D eigenvalue weighted by Crippen LogP contribution is 2.24. The Kier molecular flexibility index (Phi) is 2.54. The van der Waals surface area contributed by atoms with E-state index in [4.69, 9.17) is 16.6 Å². The topological polar surface area (TPSA) is 90.1 Å². The van der Waals surface area contributed by atoms with Crippen molar-refractivity contribution in [2.24, 2.45) is 0 Å². The molecule has 0 radical (unpaired) electrons. The summed E-state index contributed by atoms with van der Waals surface area (Å²) < 4.78 is 1.55. The maximum atomic E-state index is 9.12. The van der Waals surface area contributed by atoms with Gasteiger partial charge in [0.15, 0.2) is 5.82 Å². The molecule has 0 aliphatic heterocycles. The molecule has 0 fully saturated rings. The van der Waals surface area contributed by atoms with E-state index in [0.29, 0.717) is 11.4 Å². The molecule has 0 spiro atoms. The molecular weight excluding hydrogens is 204 g/mol. The predicted octanol–water partition coefficient (Wildman–Crippen LogP) is 0.837. The summed E-state index contributed by atoms with van der Waals surface area (Å²) in [5.74, 6) is 0.651. The molecule has 0 unspecified atom stereocenters. The second-order valence-electron chi connectivity index (χ2n) is 3.61. The molecule has 1 heterocycles. The SMILES string of the molecule is Cc1ccccc1-n1nc(N)c(CO)c1N. The van der Waals surface area contributed by atoms with Crippen LogP contribution in [-0.4, -0.2) is 14.9 Å². The number of aliphatic hydroxyl groups excluding tert-OH is 1. The summed E-state index contributed by atoms with van der Waals surface area (Å²) in [6.45, 7) is 1.76. The smallest absolute Gasteiger partial charge is 0.153 e. The summed E-state index contributed by atoms with van der Waals surface area (Å²) in [6, 6.07) is 7.71. The minimum atomic E-state index is -0.205. The Labute approximate surface area is 93.3 Å². The number of hydrogen-bond acceptors (Lipinski definition) is 4. The third-order valence-corrected chi connectivity index (χ3v) is 2.56. The molecule has 0 atom stereocenters. The molecule has 16 heavy (non-hydrogen) atoms. The lowest BCUT2D eigenvalue weighted by molar-refractivity contribution is 0.283. The highest BCUT2D eigenvalue weighted by Gasteiger charge is 2.14. The molecule has 5 heteroatoms. The van der Waals surface area contributed by atoms with Crippen LogP contribution in [-0.2, 0) is 6.61 Å². The summed E-state index contributed by atoms with van der Waals surface area (Å²) >= 11 is 0. The predicted molar refractivity (Wildman–Crippen MR) is 63.0 cm³/mol. The number of benzene rings is 1. The van der Waals surface area contributed by atoms with Crippen LogP contribution in [0.15, 0.2) is 24.3 Å². The number of anilines is 2. The molecule has 0 bridgehead atoms. The van der Waals surface area contributed by atoms with Gasteiger partial charge < -0.3 is 16.6 Å². The van der Waals surface area contributed by atoms with Crippen LogP contribution in [0.1, 0.15) is 11.1 Å². The van der Waals surface area contributed by atoms with Crippen molar-refractivity contribution in [2.45, 2.75) is 13.5 Å². The van der Waals surface area contributed by atoms with E-state index in [2.05, 4.69) is 5.10 Å². The lowest BCUT2D eigenvalue weighted by Gasteiger charge is -2.07. The van der Waals surface area contributed by atoms with Crippen LogP contribution in [0.25, 0.3) is 5.69 Å². The number of aromatic nitrogens is 2. The maximum absolute atomic E-state index is 9.12. The zero-order valence-corrected chi connectivity index (χ0v) is 9.01. The Morgan fingerprint density at radius 2 is 2.00 bits per heavy atom. The van der Waals surface area contributed by atoms with E-state index in [0.717, 1.165) is 11.3 Å². The number of para-hydroxylation sites is 1. The van der Waals surface area contributed by atoms with Crippen molar-refractivity contribution in [3.63, 3.8) is 0 Å². The summed E-state index contributed by atoms with van der Waals surface area (Å²) in [7, 11) is 0. The summed E-state index contributed by atoms with van der Waals surface area (Å²) in [4.78, 5) is 0. The lowest BCUT2D eigenvalue weighted by atomic mass is 10.2. The van der Waals surface area contributed by atoms with E-state index < -0.39 is 0 Å². The van der Waals surface area contributed by atoms with Gasteiger partial charge in [0.2, 0.25) is 0 Å². The fourth-order valence-electron chi connectivity index (χ4n) is 1.63. The Hall–Kier alpha value is -2.01. The number of nitrogen functional groups attached to an aromatic ring is 2. The summed E-state index contributed by atoms with van der Waals surface area (Å²) in [5.41, 5.74) is 13.9. The van der Waals surface area contributed by atoms with Crippen LogP contribution in [0, 0.1) is 6.92 Å². The minimum absolute atomic E-state index is 0.205. The third kappa shape index (κ3) is 1.51. The molecule has 1 aromatic carbocycles. The first-order chi connectivity index (χ1) is 7.65. The van der Waals surface area contributed by atoms with Crippen molar-refractivity contribution >= 4 is 11.6 Å². The monoisotopic (exact) mass is 218 g/mol. The van der Waals surface area contributed by atoms with Crippen LogP contribution in [0.5, 0.6) is 0 Å². The molecule has 5 nitrogen and oxygen atoms in total. The number of rotatable bonds is 2. The Morgan fingerprint density at radius 3 is 2.56 bits per heavy atom.